The lowest BCUT2D eigenvalue weighted by molar-refractivity contribution is -0.136. The molecule has 8 heteroatoms. The van der Waals surface area contributed by atoms with Crippen molar-refractivity contribution >= 4 is 51.9 Å². The number of anilines is 1. The Hall–Kier alpha value is -1.97. The number of rotatable bonds is 3. The molecule has 0 spiro atoms. The Kier molecular flexibility index (Phi) is 3.85. The maximum Gasteiger partial charge on any atom is 0.264 e. The van der Waals surface area contributed by atoms with Crippen LogP contribution in [0.15, 0.2) is 18.2 Å². The van der Waals surface area contributed by atoms with Crippen LogP contribution in [-0.4, -0.2) is 39.1 Å². The second-order valence-electron chi connectivity index (χ2n) is 4.99. The van der Waals surface area contributed by atoms with Crippen LogP contribution in [0.3, 0.4) is 0 Å². The molecule has 4 amide bonds. The lowest BCUT2D eigenvalue weighted by Crippen LogP contribution is -2.54. The van der Waals surface area contributed by atoms with E-state index in [-0.39, 0.29) is 29.9 Å². The summed E-state index contributed by atoms with van der Waals surface area (Å²) < 4.78 is 0.577. The highest BCUT2D eigenvalue weighted by Gasteiger charge is 2.45. The van der Waals surface area contributed by atoms with Crippen molar-refractivity contribution in [3.63, 3.8) is 0 Å². The third-order valence-corrected chi connectivity index (χ3v) is 4.11. The number of hydrogen-bond donors (Lipinski definition) is 2. The molecule has 0 saturated carbocycles. The number of benzene rings is 1. The largest absolute Gasteiger partial charge is 0.375 e. The average Bonchev–Trinajstić information content (AvgIpc) is 2.73. The highest BCUT2D eigenvalue weighted by molar-refractivity contribution is 14.1. The second-order valence-corrected chi connectivity index (χ2v) is 5.75. The van der Waals surface area contributed by atoms with Crippen molar-refractivity contribution in [3.8, 4) is 0 Å². The minimum atomic E-state index is -0.933. The third kappa shape index (κ3) is 2.27. The van der Waals surface area contributed by atoms with Gasteiger partial charge in [-0.05, 0) is 18.6 Å². The number of halogens is 1. The number of fused-ring (bicyclic) bond motifs is 1. The van der Waals surface area contributed by atoms with Gasteiger partial charge in [-0.3, -0.25) is 29.4 Å². The fourth-order valence-corrected chi connectivity index (χ4v) is 3.15. The van der Waals surface area contributed by atoms with E-state index in [4.69, 9.17) is 0 Å². The number of carbonyl (C=O) groups excluding carboxylic acids is 4. The monoisotopic (exact) mass is 413 g/mol. The van der Waals surface area contributed by atoms with Crippen molar-refractivity contribution in [1.82, 2.24) is 10.2 Å². The van der Waals surface area contributed by atoms with Crippen LogP contribution >= 0.6 is 22.6 Å². The quantitative estimate of drug-likeness (QED) is 0.332. The Morgan fingerprint density at radius 2 is 2.00 bits per heavy atom. The highest BCUT2D eigenvalue weighted by Crippen LogP contribution is 2.32. The maximum absolute atomic E-state index is 12.6. The van der Waals surface area contributed by atoms with Gasteiger partial charge in [0.1, 0.15) is 6.04 Å². The number of nitrogens with zero attached hydrogens (tertiary/aromatic N) is 1. The summed E-state index contributed by atoms with van der Waals surface area (Å²) in [6.45, 7) is 0. The van der Waals surface area contributed by atoms with E-state index in [1.807, 2.05) is 0 Å². The fraction of sp³-hybridized carbons (Fsp3) is 0.286. The zero-order chi connectivity index (χ0) is 15.9. The van der Waals surface area contributed by atoms with Gasteiger partial charge in [-0.1, -0.05) is 28.7 Å². The predicted octanol–water partition coefficient (Wildman–Crippen LogP) is 0.892. The molecule has 22 heavy (non-hydrogen) atoms. The van der Waals surface area contributed by atoms with Crippen LogP contribution in [0, 0.1) is 0 Å². The van der Waals surface area contributed by atoms with E-state index in [2.05, 4.69) is 33.2 Å². The summed E-state index contributed by atoms with van der Waals surface area (Å²) in [6, 6.07) is 4.04. The Labute approximate surface area is 139 Å². The van der Waals surface area contributed by atoms with Gasteiger partial charge < -0.3 is 5.32 Å². The number of piperidine rings is 1. The van der Waals surface area contributed by atoms with Gasteiger partial charge >= 0.3 is 0 Å². The molecule has 2 aliphatic rings. The number of alkyl halides is 1. The normalized spacial score (nSPS) is 21.0. The minimum Gasteiger partial charge on any atom is -0.375 e. The molecule has 1 aromatic carbocycles. The fourth-order valence-electron chi connectivity index (χ4n) is 2.73. The van der Waals surface area contributed by atoms with E-state index >= 15 is 0 Å². The van der Waals surface area contributed by atoms with Gasteiger partial charge in [0, 0.05) is 12.1 Å². The second kappa shape index (κ2) is 5.67. The van der Waals surface area contributed by atoms with Crippen molar-refractivity contribution < 1.29 is 19.2 Å². The first-order valence-corrected chi connectivity index (χ1v) is 8.21. The van der Waals surface area contributed by atoms with E-state index < -0.39 is 23.8 Å². The summed E-state index contributed by atoms with van der Waals surface area (Å²) in [5, 5.41) is 5.21. The molecule has 1 atom stereocenters. The third-order valence-electron chi connectivity index (χ3n) is 3.73. The Balaban J connectivity index is 1.98. The summed E-state index contributed by atoms with van der Waals surface area (Å²) in [6.07, 6.45) is 0.272. The molecule has 3 rings (SSSR count). The lowest BCUT2D eigenvalue weighted by atomic mass is 10.0. The molecule has 0 radical (unpaired) electrons. The predicted molar refractivity (Wildman–Crippen MR) is 85.6 cm³/mol. The number of carbonyl (C=O) groups is 4. The molecule has 2 N–H and O–H groups in total. The first-order valence-electron chi connectivity index (χ1n) is 6.69. The van der Waals surface area contributed by atoms with Gasteiger partial charge in [0.15, 0.2) is 0 Å². The Morgan fingerprint density at radius 3 is 2.68 bits per heavy atom. The van der Waals surface area contributed by atoms with Gasteiger partial charge in [-0.25, -0.2) is 0 Å². The summed E-state index contributed by atoms with van der Waals surface area (Å²) in [7, 11) is 0. The highest BCUT2D eigenvalue weighted by atomic mass is 127. The minimum absolute atomic E-state index is 0.114. The zero-order valence-corrected chi connectivity index (χ0v) is 13.5. The first-order chi connectivity index (χ1) is 10.5. The molecule has 1 saturated heterocycles. The Morgan fingerprint density at radius 1 is 1.23 bits per heavy atom. The lowest BCUT2D eigenvalue weighted by Gasteiger charge is -2.27. The van der Waals surface area contributed by atoms with Crippen molar-refractivity contribution in [2.24, 2.45) is 0 Å². The number of nitrogens with one attached hydrogen (secondary N) is 2. The number of hydrogen-bond acceptors (Lipinski definition) is 5. The molecular formula is C14H12IN3O4. The van der Waals surface area contributed by atoms with Crippen LogP contribution < -0.4 is 10.6 Å². The van der Waals surface area contributed by atoms with Gasteiger partial charge in [0.25, 0.3) is 11.8 Å². The summed E-state index contributed by atoms with van der Waals surface area (Å²) in [4.78, 5) is 49.3. The van der Waals surface area contributed by atoms with Crippen molar-refractivity contribution in [2.75, 3.05) is 9.87 Å². The van der Waals surface area contributed by atoms with E-state index in [0.717, 1.165) is 4.90 Å². The molecule has 114 valence electrons. The first kappa shape index (κ1) is 14.9. The van der Waals surface area contributed by atoms with Crippen molar-refractivity contribution in [1.29, 1.82) is 0 Å². The number of amides is 4. The smallest absolute Gasteiger partial charge is 0.264 e. The Bertz CT molecular complexity index is 703. The number of imide groups is 2. The molecule has 0 aromatic heterocycles. The maximum atomic E-state index is 12.6. The SMILES string of the molecule is O=C1CCC(N2C(=O)c3cccc(NCI)c3C2=O)C(=O)N1. The van der Waals surface area contributed by atoms with Gasteiger partial charge in [-0.2, -0.15) is 0 Å². The van der Waals surface area contributed by atoms with E-state index in [1.165, 1.54) is 0 Å². The molecule has 0 aliphatic carbocycles. The van der Waals surface area contributed by atoms with Crippen LogP contribution in [-0.2, 0) is 9.59 Å². The van der Waals surface area contributed by atoms with Crippen LogP contribution in [0.4, 0.5) is 5.69 Å². The van der Waals surface area contributed by atoms with Gasteiger partial charge in [0.05, 0.1) is 15.7 Å². The van der Waals surface area contributed by atoms with Gasteiger partial charge in [-0.15, -0.1) is 0 Å². The molecule has 2 heterocycles. The van der Waals surface area contributed by atoms with Gasteiger partial charge in [0.2, 0.25) is 11.8 Å². The van der Waals surface area contributed by atoms with Crippen LogP contribution in [0.5, 0.6) is 0 Å². The van der Waals surface area contributed by atoms with Crippen LogP contribution in [0.1, 0.15) is 33.6 Å². The van der Waals surface area contributed by atoms with E-state index in [9.17, 15) is 19.2 Å². The van der Waals surface area contributed by atoms with Crippen molar-refractivity contribution in [3.05, 3.63) is 29.3 Å². The molecule has 1 fully saturated rings. The molecule has 2 aliphatic heterocycles. The molecular weight excluding hydrogens is 401 g/mol. The molecule has 7 nitrogen and oxygen atoms in total. The molecule has 0 bridgehead atoms. The average molecular weight is 413 g/mol. The molecule has 1 unspecified atom stereocenters. The zero-order valence-electron chi connectivity index (χ0n) is 11.4. The summed E-state index contributed by atoms with van der Waals surface area (Å²) in [5.74, 6) is -1.98. The molecule has 1 aromatic rings. The van der Waals surface area contributed by atoms with Crippen LogP contribution in [0.2, 0.25) is 0 Å². The summed E-state index contributed by atoms with van der Waals surface area (Å²) >= 11 is 2.10. The van der Waals surface area contributed by atoms with E-state index in [1.54, 1.807) is 18.2 Å². The summed E-state index contributed by atoms with van der Waals surface area (Å²) in [5.41, 5.74) is 1.14. The topological polar surface area (TPSA) is 95.6 Å². The standard InChI is InChI=1S/C14H12IN3O4/c15-6-16-8-3-1-2-7-11(8)14(22)18(13(7)21)9-4-5-10(19)17-12(9)20/h1-3,9,16H,4-6H2,(H,17,19,20). The van der Waals surface area contributed by atoms with Crippen LogP contribution in [0.25, 0.3) is 0 Å². The van der Waals surface area contributed by atoms with Crippen molar-refractivity contribution in [2.45, 2.75) is 18.9 Å². The van der Waals surface area contributed by atoms with E-state index in [0.29, 0.717) is 10.2 Å².